The van der Waals surface area contributed by atoms with Crippen LogP contribution >= 0.6 is 11.3 Å². The van der Waals surface area contributed by atoms with Gasteiger partial charge < -0.3 is 19.5 Å². The monoisotopic (exact) mass is 322 g/mol. The van der Waals surface area contributed by atoms with E-state index in [1.807, 2.05) is 18.2 Å². The van der Waals surface area contributed by atoms with E-state index in [4.69, 9.17) is 14.2 Å². The van der Waals surface area contributed by atoms with Crippen LogP contribution in [0.1, 0.15) is 15.5 Å². The van der Waals surface area contributed by atoms with Crippen molar-refractivity contribution in [2.45, 2.75) is 6.61 Å². The maximum Gasteiger partial charge on any atom is 0.270 e. The lowest BCUT2D eigenvalue weighted by Gasteiger charge is -2.05. The number of nitrogens with zero attached hydrogens (tertiary/aromatic N) is 1. The molecular weight excluding hydrogens is 304 g/mol. The summed E-state index contributed by atoms with van der Waals surface area (Å²) >= 11 is 1.39. The van der Waals surface area contributed by atoms with Gasteiger partial charge in [0.2, 0.25) is 0 Å². The summed E-state index contributed by atoms with van der Waals surface area (Å²) in [5.74, 6) is 1.22. The summed E-state index contributed by atoms with van der Waals surface area (Å²) in [5.41, 5.74) is 0.394. The topological polar surface area (TPSA) is 69.7 Å². The van der Waals surface area contributed by atoms with Crippen molar-refractivity contribution in [3.05, 3.63) is 40.3 Å². The number of carbonyl (C=O) groups is 1. The summed E-state index contributed by atoms with van der Waals surface area (Å²) in [5, 5.41) is 5.18. The van der Waals surface area contributed by atoms with Crippen LogP contribution in [0.15, 0.2) is 29.6 Å². The number of thiazole rings is 1. The molecule has 0 spiro atoms. The Morgan fingerprint density at radius 1 is 1.32 bits per heavy atom. The van der Waals surface area contributed by atoms with E-state index in [2.05, 4.69) is 10.3 Å². The van der Waals surface area contributed by atoms with Gasteiger partial charge in [0.15, 0.2) is 0 Å². The van der Waals surface area contributed by atoms with Gasteiger partial charge in [-0.05, 0) is 12.1 Å². The Kier molecular flexibility index (Phi) is 6.17. The zero-order valence-electron chi connectivity index (χ0n) is 12.5. The molecule has 1 N–H and O–H groups in total. The van der Waals surface area contributed by atoms with Crippen LogP contribution in [-0.2, 0) is 11.3 Å². The summed E-state index contributed by atoms with van der Waals surface area (Å²) in [6.45, 7) is 1.24. The predicted molar refractivity (Wildman–Crippen MR) is 83.6 cm³/mol. The molecule has 0 saturated heterocycles. The van der Waals surface area contributed by atoms with E-state index in [0.29, 0.717) is 31.2 Å². The van der Waals surface area contributed by atoms with E-state index in [0.717, 1.165) is 10.8 Å². The average molecular weight is 322 g/mol. The van der Waals surface area contributed by atoms with Crippen LogP contribution in [0.25, 0.3) is 0 Å². The van der Waals surface area contributed by atoms with Gasteiger partial charge in [0.25, 0.3) is 5.91 Å². The molecule has 118 valence electrons. The fraction of sp³-hybridized carbons (Fsp3) is 0.333. The summed E-state index contributed by atoms with van der Waals surface area (Å²) in [7, 11) is 3.19. The smallest absolute Gasteiger partial charge is 0.270 e. The first-order valence-electron chi connectivity index (χ1n) is 6.71. The fourth-order valence-electron chi connectivity index (χ4n) is 1.67. The molecule has 0 fully saturated rings. The Morgan fingerprint density at radius 3 is 2.91 bits per heavy atom. The molecule has 0 aliphatic heterocycles. The highest BCUT2D eigenvalue weighted by atomic mass is 32.1. The second-order valence-corrected chi connectivity index (χ2v) is 5.29. The zero-order valence-corrected chi connectivity index (χ0v) is 13.3. The van der Waals surface area contributed by atoms with Gasteiger partial charge in [-0.25, -0.2) is 4.98 Å². The van der Waals surface area contributed by atoms with Gasteiger partial charge in [0.1, 0.15) is 28.8 Å². The maximum absolute atomic E-state index is 11.8. The van der Waals surface area contributed by atoms with Crippen LogP contribution in [0.4, 0.5) is 0 Å². The third kappa shape index (κ3) is 4.71. The first-order valence-corrected chi connectivity index (χ1v) is 7.59. The van der Waals surface area contributed by atoms with Crippen molar-refractivity contribution in [3.63, 3.8) is 0 Å². The van der Waals surface area contributed by atoms with Crippen molar-refractivity contribution in [1.82, 2.24) is 10.3 Å². The molecule has 1 aromatic heterocycles. The fourth-order valence-corrected chi connectivity index (χ4v) is 2.36. The first-order chi connectivity index (χ1) is 10.7. The number of benzene rings is 1. The van der Waals surface area contributed by atoms with E-state index in [1.165, 1.54) is 11.3 Å². The van der Waals surface area contributed by atoms with E-state index in [-0.39, 0.29) is 5.91 Å². The lowest BCUT2D eigenvalue weighted by atomic mass is 10.3. The molecule has 2 rings (SSSR count). The SMILES string of the molecule is COCCNC(=O)c1csc(COc2cccc(OC)c2)n1. The lowest BCUT2D eigenvalue weighted by molar-refractivity contribution is 0.0932. The number of hydrogen-bond acceptors (Lipinski definition) is 6. The minimum absolute atomic E-state index is 0.207. The zero-order chi connectivity index (χ0) is 15.8. The summed E-state index contributed by atoms with van der Waals surface area (Å²) < 4.78 is 15.7. The number of hydrogen-bond donors (Lipinski definition) is 1. The van der Waals surface area contributed by atoms with Crippen molar-refractivity contribution in [2.24, 2.45) is 0 Å². The van der Waals surface area contributed by atoms with Gasteiger partial charge in [0, 0.05) is 25.1 Å². The van der Waals surface area contributed by atoms with E-state index in [9.17, 15) is 4.79 Å². The summed E-state index contributed by atoms with van der Waals surface area (Å²) in [6.07, 6.45) is 0. The third-order valence-electron chi connectivity index (χ3n) is 2.78. The van der Waals surface area contributed by atoms with Crippen LogP contribution < -0.4 is 14.8 Å². The highest BCUT2D eigenvalue weighted by Crippen LogP contribution is 2.20. The van der Waals surface area contributed by atoms with Gasteiger partial charge in [-0.15, -0.1) is 11.3 Å². The van der Waals surface area contributed by atoms with Crippen LogP contribution in [0.5, 0.6) is 11.5 Å². The average Bonchev–Trinajstić information content (AvgIpc) is 3.02. The molecule has 0 aliphatic rings. The molecule has 0 aliphatic carbocycles. The third-order valence-corrected chi connectivity index (χ3v) is 3.60. The molecule has 6 nitrogen and oxygen atoms in total. The molecule has 0 unspecified atom stereocenters. The quantitative estimate of drug-likeness (QED) is 0.754. The van der Waals surface area contributed by atoms with Crippen molar-refractivity contribution < 1.29 is 19.0 Å². The maximum atomic E-state index is 11.8. The van der Waals surface area contributed by atoms with E-state index in [1.54, 1.807) is 25.7 Å². The Morgan fingerprint density at radius 2 is 2.14 bits per heavy atom. The first kappa shape index (κ1) is 16.3. The van der Waals surface area contributed by atoms with Gasteiger partial charge in [0.05, 0.1) is 13.7 Å². The van der Waals surface area contributed by atoms with Crippen molar-refractivity contribution >= 4 is 17.2 Å². The molecule has 0 saturated carbocycles. The highest BCUT2D eigenvalue weighted by Gasteiger charge is 2.10. The molecule has 0 atom stereocenters. The Balaban J connectivity index is 1.87. The Bertz CT molecular complexity index is 615. The van der Waals surface area contributed by atoms with Crippen molar-refractivity contribution in [3.8, 4) is 11.5 Å². The van der Waals surface area contributed by atoms with Gasteiger partial charge >= 0.3 is 0 Å². The largest absolute Gasteiger partial charge is 0.497 e. The number of nitrogens with one attached hydrogen (secondary N) is 1. The molecule has 22 heavy (non-hydrogen) atoms. The van der Waals surface area contributed by atoms with Crippen molar-refractivity contribution in [2.75, 3.05) is 27.4 Å². The van der Waals surface area contributed by atoms with Crippen LogP contribution in [0.2, 0.25) is 0 Å². The van der Waals surface area contributed by atoms with Gasteiger partial charge in [-0.2, -0.15) is 0 Å². The minimum atomic E-state index is -0.207. The molecule has 7 heteroatoms. The molecule has 1 aromatic carbocycles. The Labute approximate surface area is 133 Å². The summed E-state index contributed by atoms with van der Waals surface area (Å²) in [6, 6.07) is 7.34. The van der Waals surface area contributed by atoms with Crippen molar-refractivity contribution in [1.29, 1.82) is 0 Å². The van der Waals surface area contributed by atoms with Crippen LogP contribution in [0.3, 0.4) is 0 Å². The number of rotatable bonds is 8. The molecule has 0 bridgehead atoms. The number of aromatic nitrogens is 1. The second-order valence-electron chi connectivity index (χ2n) is 4.34. The van der Waals surface area contributed by atoms with E-state index < -0.39 is 0 Å². The van der Waals surface area contributed by atoms with Gasteiger partial charge in [-0.3, -0.25) is 4.79 Å². The van der Waals surface area contributed by atoms with Gasteiger partial charge in [-0.1, -0.05) is 6.07 Å². The normalized spacial score (nSPS) is 10.3. The van der Waals surface area contributed by atoms with Crippen LogP contribution in [0, 0.1) is 0 Å². The summed E-state index contributed by atoms with van der Waals surface area (Å²) in [4.78, 5) is 16.1. The highest BCUT2D eigenvalue weighted by molar-refractivity contribution is 7.09. The molecule has 1 amide bonds. The molecule has 1 heterocycles. The molecule has 0 radical (unpaired) electrons. The number of methoxy groups -OCH3 is 2. The van der Waals surface area contributed by atoms with E-state index >= 15 is 0 Å². The predicted octanol–water partition coefficient (Wildman–Crippen LogP) is 2.11. The second kappa shape index (κ2) is 8.35. The number of amides is 1. The standard InChI is InChI=1S/C15H18N2O4S/c1-19-7-6-16-15(18)13-10-22-14(17-13)9-21-12-5-3-4-11(8-12)20-2/h3-5,8,10H,6-7,9H2,1-2H3,(H,16,18). The Hall–Kier alpha value is -2.12. The molecular formula is C15H18N2O4S. The number of carbonyl (C=O) groups excluding carboxylic acids is 1. The van der Waals surface area contributed by atoms with Crippen LogP contribution in [-0.4, -0.2) is 38.3 Å². The lowest BCUT2D eigenvalue weighted by Crippen LogP contribution is -2.27. The number of ether oxygens (including phenoxy) is 3. The molecule has 2 aromatic rings. The minimum Gasteiger partial charge on any atom is -0.497 e.